The molecule has 0 unspecified atom stereocenters. The van der Waals surface area contributed by atoms with E-state index in [0.29, 0.717) is 0 Å². The summed E-state index contributed by atoms with van der Waals surface area (Å²) >= 11 is 8.15. The fourth-order valence-corrected chi connectivity index (χ4v) is 5.69. The maximum absolute atomic E-state index is 2.94. The van der Waals surface area contributed by atoms with Crippen molar-refractivity contribution >= 4 is 76.3 Å². The fraction of sp³-hybridized carbons (Fsp3) is 0.0769. The Morgan fingerprint density at radius 2 is 0.814 bits per heavy atom. The number of benzene rings is 6. The third-order valence-corrected chi connectivity index (χ3v) is 7.75. The molecular weight excluding hydrogens is 769 g/mol. The molecule has 0 fully saturated rings. The molecule has 0 saturated carbocycles. The highest BCUT2D eigenvalue weighted by molar-refractivity contribution is 14.1. The molecule has 1 aromatic heterocycles. The molecule has 216 valence electrons. The molecule has 0 spiro atoms. The largest absolute Gasteiger partial charge is 0.309 e. The molecule has 4 heteroatoms. The molecule has 0 aliphatic heterocycles. The molecule has 43 heavy (non-hydrogen) atoms. The average molecular weight is 803 g/mol. The van der Waals surface area contributed by atoms with Crippen molar-refractivity contribution in [2.45, 2.75) is 6.42 Å². The summed E-state index contributed by atoms with van der Waals surface area (Å²) in [4.78, 5) is 0. The third kappa shape index (κ3) is 8.05. The van der Waals surface area contributed by atoms with Crippen LogP contribution >= 0.6 is 54.5 Å². The summed E-state index contributed by atoms with van der Waals surface area (Å²) in [7, 11) is 0. The number of hydrogen-bond acceptors (Lipinski definition) is 0. The molecular formula is C39H34Br2IN. The van der Waals surface area contributed by atoms with Gasteiger partial charge in [-0.2, -0.15) is 0 Å². The first-order valence-corrected chi connectivity index (χ1v) is 18.2. The summed E-state index contributed by atoms with van der Waals surface area (Å²) < 4.78 is 3.62. The third-order valence-electron chi connectivity index (χ3n) is 7.03. The fourth-order valence-electron chi connectivity index (χ4n) is 5.27. The van der Waals surface area contributed by atoms with Crippen LogP contribution in [0.2, 0.25) is 0 Å². The number of nitrogens with zero attached hydrogens (tertiary/aromatic N) is 1. The second-order valence-corrected chi connectivity index (χ2v) is 10.7. The van der Waals surface area contributed by atoms with E-state index in [2.05, 4.69) is 199 Å². The standard InChI is InChI=1S/C18H13N.C13H10.C6H5I.2CH3Br/c1-2-8-14(9-3-1)19-17-12-6-4-10-15(17)16-11-5-7-13-18(16)19;1-3-7-12-10(5-1)9-11-6-2-4-8-13(11)12;7-6-4-2-1-3-5-6;2*1-2/h1-13H;1-8H,9H2;1-5H;2*1H3. The van der Waals surface area contributed by atoms with Crippen LogP contribution in [0.4, 0.5) is 0 Å². The zero-order valence-electron chi connectivity index (χ0n) is 24.3. The number of aromatic nitrogens is 1. The second kappa shape index (κ2) is 17.2. The van der Waals surface area contributed by atoms with Crippen molar-refractivity contribution in [3.05, 3.63) is 172 Å². The molecule has 0 atom stereocenters. The zero-order chi connectivity index (χ0) is 30.4. The van der Waals surface area contributed by atoms with Crippen molar-refractivity contribution in [1.29, 1.82) is 0 Å². The van der Waals surface area contributed by atoms with Gasteiger partial charge in [0.25, 0.3) is 0 Å². The van der Waals surface area contributed by atoms with Crippen LogP contribution in [0.5, 0.6) is 0 Å². The Morgan fingerprint density at radius 1 is 0.442 bits per heavy atom. The summed E-state index contributed by atoms with van der Waals surface area (Å²) in [6.07, 6.45) is 1.10. The number of rotatable bonds is 1. The summed E-state index contributed by atoms with van der Waals surface area (Å²) in [6, 6.07) is 55.2. The first-order valence-electron chi connectivity index (χ1n) is 14.0. The molecule has 0 bridgehead atoms. The van der Waals surface area contributed by atoms with Crippen LogP contribution in [0.3, 0.4) is 0 Å². The van der Waals surface area contributed by atoms with E-state index < -0.39 is 0 Å². The van der Waals surface area contributed by atoms with Crippen LogP contribution in [0, 0.1) is 3.57 Å². The van der Waals surface area contributed by atoms with Gasteiger partial charge < -0.3 is 4.57 Å². The molecule has 1 nitrogen and oxygen atoms in total. The van der Waals surface area contributed by atoms with Gasteiger partial charge in [-0.3, -0.25) is 0 Å². The highest BCUT2D eigenvalue weighted by Gasteiger charge is 2.16. The van der Waals surface area contributed by atoms with Gasteiger partial charge in [-0.1, -0.05) is 153 Å². The normalized spacial score (nSPS) is 10.3. The lowest BCUT2D eigenvalue weighted by Crippen LogP contribution is -1.92. The van der Waals surface area contributed by atoms with E-state index in [4.69, 9.17) is 0 Å². The minimum absolute atomic E-state index is 1.10. The van der Waals surface area contributed by atoms with Gasteiger partial charge in [-0.25, -0.2) is 0 Å². The van der Waals surface area contributed by atoms with Crippen molar-refractivity contribution in [3.63, 3.8) is 0 Å². The van der Waals surface area contributed by atoms with Crippen molar-refractivity contribution in [2.75, 3.05) is 11.7 Å². The van der Waals surface area contributed by atoms with E-state index in [1.807, 2.05) is 29.9 Å². The van der Waals surface area contributed by atoms with Gasteiger partial charge in [0, 0.05) is 20.0 Å². The number of para-hydroxylation sites is 3. The van der Waals surface area contributed by atoms with Crippen LogP contribution in [-0.4, -0.2) is 16.2 Å². The summed E-state index contributed by atoms with van der Waals surface area (Å²) in [5.74, 6) is 3.62. The molecule has 1 aliphatic carbocycles. The minimum atomic E-state index is 1.10. The Kier molecular flexibility index (Phi) is 13.1. The smallest absolute Gasteiger partial charge is 0.0541 e. The molecule has 0 N–H and O–H groups in total. The maximum Gasteiger partial charge on any atom is 0.0541 e. The molecule has 0 saturated heterocycles. The molecule has 7 aromatic rings. The lowest BCUT2D eigenvalue weighted by Gasteiger charge is -2.06. The summed E-state index contributed by atoms with van der Waals surface area (Å²) in [5.41, 5.74) is 9.48. The van der Waals surface area contributed by atoms with Crippen molar-refractivity contribution < 1.29 is 0 Å². The highest BCUT2D eigenvalue weighted by atomic mass is 127. The Labute approximate surface area is 286 Å². The van der Waals surface area contributed by atoms with Crippen molar-refractivity contribution in [1.82, 2.24) is 4.57 Å². The predicted molar refractivity (Wildman–Crippen MR) is 204 cm³/mol. The molecule has 0 amide bonds. The summed E-state index contributed by atoms with van der Waals surface area (Å²) in [6.45, 7) is 0. The topological polar surface area (TPSA) is 4.93 Å². The van der Waals surface area contributed by atoms with E-state index >= 15 is 0 Å². The van der Waals surface area contributed by atoms with Crippen LogP contribution in [-0.2, 0) is 6.42 Å². The molecule has 6 aromatic carbocycles. The van der Waals surface area contributed by atoms with Crippen LogP contribution < -0.4 is 0 Å². The highest BCUT2D eigenvalue weighted by Crippen LogP contribution is 2.35. The van der Waals surface area contributed by atoms with Gasteiger partial charge in [0.15, 0.2) is 0 Å². The predicted octanol–water partition coefficient (Wildman–Crippen LogP) is 12.4. The van der Waals surface area contributed by atoms with Crippen molar-refractivity contribution in [3.8, 4) is 16.8 Å². The maximum atomic E-state index is 2.94. The Bertz CT molecular complexity index is 1750. The first kappa shape index (κ1) is 32.7. The van der Waals surface area contributed by atoms with E-state index in [-0.39, 0.29) is 0 Å². The van der Waals surface area contributed by atoms with Gasteiger partial charge in [-0.15, -0.1) is 0 Å². The van der Waals surface area contributed by atoms with Crippen LogP contribution in [0.15, 0.2) is 158 Å². The Balaban J connectivity index is 0.000000153. The van der Waals surface area contributed by atoms with Crippen LogP contribution in [0.25, 0.3) is 38.6 Å². The lowest BCUT2D eigenvalue weighted by molar-refractivity contribution is 1.18. The van der Waals surface area contributed by atoms with Gasteiger partial charge in [-0.05, 0) is 99.3 Å². The summed E-state index contributed by atoms with van der Waals surface area (Å²) in [5, 5.41) is 2.61. The van der Waals surface area contributed by atoms with Crippen molar-refractivity contribution in [2.24, 2.45) is 0 Å². The quantitative estimate of drug-likeness (QED) is 0.115. The molecule has 0 radical (unpaired) electrons. The Morgan fingerprint density at radius 3 is 1.26 bits per heavy atom. The molecule has 1 heterocycles. The minimum Gasteiger partial charge on any atom is -0.309 e. The monoisotopic (exact) mass is 801 g/mol. The van der Waals surface area contributed by atoms with E-state index in [0.717, 1.165) is 6.42 Å². The number of alkyl halides is 2. The number of hydrogen-bond donors (Lipinski definition) is 0. The first-order chi connectivity index (χ1) is 21.3. The average Bonchev–Trinajstić information content (AvgIpc) is 3.64. The van der Waals surface area contributed by atoms with Gasteiger partial charge in [0.05, 0.1) is 11.0 Å². The van der Waals surface area contributed by atoms with Gasteiger partial charge in [0.2, 0.25) is 0 Å². The SMILES string of the molecule is CBr.CBr.Ic1ccccc1.c1ccc(-n2c3ccccc3c3ccccc32)cc1.c1ccc2c(c1)Cc1ccccc1-2. The molecule has 1 aliphatic rings. The lowest BCUT2D eigenvalue weighted by atomic mass is 10.1. The van der Waals surface area contributed by atoms with Crippen LogP contribution in [0.1, 0.15) is 11.1 Å². The van der Waals surface area contributed by atoms with Gasteiger partial charge >= 0.3 is 0 Å². The number of halogens is 3. The number of fused-ring (bicyclic) bond motifs is 6. The second-order valence-electron chi connectivity index (χ2n) is 9.49. The van der Waals surface area contributed by atoms with Gasteiger partial charge in [0.1, 0.15) is 0 Å². The Hall–Kier alpha value is -3.19. The van der Waals surface area contributed by atoms with E-state index in [1.54, 1.807) is 0 Å². The molecule has 8 rings (SSSR count). The van der Waals surface area contributed by atoms with E-state index in [1.165, 1.54) is 53.3 Å². The van der Waals surface area contributed by atoms with E-state index in [9.17, 15) is 0 Å². The zero-order valence-corrected chi connectivity index (χ0v) is 29.6.